The molecule has 1 rings (SSSR count). The molecule has 0 bridgehead atoms. The molecule has 1 amide bonds. The molecule has 2 atom stereocenters. The van der Waals surface area contributed by atoms with Gasteiger partial charge in [-0.15, -0.1) is 0 Å². The first-order valence-electron chi connectivity index (χ1n) is 5.74. The normalized spacial score (nSPS) is 25.5. The highest BCUT2D eigenvalue weighted by molar-refractivity contribution is 5.80. The Bertz CT molecular complexity index is 209. The van der Waals surface area contributed by atoms with Crippen LogP contribution >= 0.6 is 0 Å². The SMILES string of the molecule is CCC1CCC(C(=O)N(C)CCNC)O1. The molecule has 0 radical (unpaired) electrons. The van der Waals surface area contributed by atoms with Gasteiger partial charge in [-0.3, -0.25) is 4.79 Å². The lowest BCUT2D eigenvalue weighted by Crippen LogP contribution is -2.39. The molecule has 0 aliphatic carbocycles. The van der Waals surface area contributed by atoms with E-state index in [2.05, 4.69) is 12.2 Å². The average molecular weight is 214 g/mol. The lowest BCUT2D eigenvalue weighted by atomic mass is 10.1. The maximum absolute atomic E-state index is 11.9. The Morgan fingerprint density at radius 1 is 1.53 bits per heavy atom. The molecule has 1 fully saturated rings. The van der Waals surface area contributed by atoms with Gasteiger partial charge in [0, 0.05) is 20.1 Å². The molecule has 1 saturated heterocycles. The van der Waals surface area contributed by atoms with Crippen LogP contribution in [0.3, 0.4) is 0 Å². The standard InChI is InChI=1S/C11H22N2O2/c1-4-9-5-6-10(15-9)11(14)13(3)8-7-12-2/h9-10,12H,4-8H2,1-3H3. The smallest absolute Gasteiger partial charge is 0.251 e. The van der Waals surface area contributed by atoms with Crippen LogP contribution < -0.4 is 5.32 Å². The zero-order chi connectivity index (χ0) is 11.3. The summed E-state index contributed by atoms with van der Waals surface area (Å²) in [7, 11) is 3.72. The van der Waals surface area contributed by atoms with Gasteiger partial charge in [-0.1, -0.05) is 6.92 Å². The van der Waals surface area contributed by atoms with Crippen molar-refractivity contribution in [3.63, 3.8) is 0 Å². The van der Waals surface area contributed by atoms with E-state index in [1.807, 2.05) is 14.1 Å². The first-order chi connectivity index (χ1) is 7.19. The summed E-state index contributed by atoms with van der Waals surface area (Å²) in [4.78, 5) is 13.6. The zero-order valence-corrected chi connectivity index (χ0v) is 9.95. The van der Waals surface area contributed by atoms with E-state index >= 15 is 0 Å². The van der Waals surface area contributed by atoms with Crippen molar-refractivity contribution in [1.29, 1.82) is 0 Å². The van der Waals surface area contributed by atoms with Crippen molar-refractivity contribution in [1.82, 2.24) is 10.2 Å². The number of carbonyl (C=O) groups is 1. The third-order valence-corrected chi connectivity index (χ3v) is 2.91. The summed E-state index contributed by atoms with van der Waals surface area (Å²) in [6, 6.07) is 0. The number of carbonyl (C=O) groups excluding carboxylic acids is 1. The second-order valence-electron chi connectivity index (χ2n) is 4.10. The van der Waals surface area contributed by atoms with Crippen molar-refractivity contribution in [2.75, 3.05) is 27.2 Å². The van der Waals surface area contributed by atoms with Crippen LogP contribution in [-0.4, -0.2) is 50.2 Å². The van der Waals surface area contributed by atoms with E-state index in [1.165, 1.54) is 0 Å². The number of nitrogens with zero attached hydrogens (tertiary/aromatic N) is 1. The van der Waals surface area contributed by atoms with Crippen molar-refractivity contribution in [3.05, 3.63) is 0 Å². The third-order valence-electron chi connectivity index (χ3n) is 2.91. The molecular weight excluding hydrogens is 192 g/mol. The molecule has 15 heavy (non-hydrogen) atoms. The summed E-state index contributed by atoms with van der Waals surface area (Å²) >= 11 is 0. The lowest BCUT2D eigenvalue weighted by molar-refractivity contribution is -0.141. The lowest BCUT2D eigenvalue weighted by Gasteiger charge is -2.21. The average Bonchev–Trinajstić information content (AvgIpc) is 2.73. The van der Waals surface area contributed by atoms with E-state index in [0.29, 0.717) is 0 Å². The fraction of sp³-hybridized carbons (Fsp3) is 0.909. The highest BCUT2D eigenvalue weighted by Crippen LogP contribution is 2.22. The monoisotopic (exact) mass is 214 g/mol. The Kier molecular flexibility index (Phi) is 5.05. The molecule has 4 heteroatoms. The van der Waals surface area contributed by atoms with E-state index in [-0.39, 0.29) is 18.1 Å². The maximum Gasteiger partial charge on any atom is 0.251 e. The predicted molar refractivity (Wildman–Crippen MR) is 59.7 cm³/mol. The molecule has 88 valence electrons. The summed E-state index contributed by atoms with van der Waals surface area (Å²) < 4.78 is 5.66. The number of likely N-dealkylation sites (N-methyl/N-ethyl adjacent to an activating group) is 2. The Labute approximate surface area is 92.0 Å². The molecule has 0 aromatic carbocycles. The Morgan fingerprint density at radius 3 is 2.80 bits per heavy atom. The third kappa shape index (κ3) is 3.47. The minimum absolute atomic E-state index is 0.126. The number of hydrogen-bond acceptors (Lipinski definition) is 3. The highest BCUT2D eigenvalue weighted by Gasteiger charge is 2.31. The van der Waals surface area contributed by atoms with E-state index in [4.69, 9.17) is 4.74 Å². The van der Waals surface area contributed by atoms with Crippen LogP contribution in [0.25, 0.3) is 0 Å². The second kappa shape index (κ2) is 6.08. The Balaban J connectivity index is 2.33. The van der Waals surface area contributed by atoms with Crippen molar-refractivity contribution in [3.8, 4) is 0 Å². The number of nitrogens with one attached hydrogen (secondary N) is 1. The van der Waals surface area contributed by atoms with Gasteiger partial charge in [0.1, 0.15) is 6.10 Å². The van der Waals surface area contributed by atoms with Gasteiger partial charge in [-0.05, 0) is 26.3 Å². The van der Waals surface area contributed by atoms with Crippen molar-refractivity contribution in [2.45, 2.75) is 38.4 Å². The highest BCUT2D eigenvalue weighted by atomic mass is 16.5. The number of rotatable bonds is 5. The van der Waals surface area contributed by atoms with E-state index < -0.39 is 0 Å². The van der Waals surface area contributed by atoms with Crippen LogP contribution in [0.15, 0.2) is 0 Å². The van der Waals surface area contributed by atoms with Gasteiger partial charge in [-0.2, -0.15) is 0 Å². The molecule has 0 saturated carbocycles. The molecule has 4 nitrogen and oxygen atoms in total. The van der Waals surface area contributed by atoms with Crippen LogP contribution in [0.2, 0.25) is 0 Å². The zero-order valence-electron chi connectivity index (χ0n) is 9.95. The molecule has 2 unspecified atom stereocenters. The van der Waals surface area contributed by atoms with Crippen molar-refractivity contribution >= 4 is 5.91 Å². The van der Waals surface area contributed by atoms with E-state index in [9.17, 15) is 4.79 Å². The molecular formula is C11H22N2O2. The Hall–Kier alpha value is -0.610. The number of hydrogen-bond donors (Lipinski definition) is 1. The first-order valence-corrected chi connectivity index (χ1v) is 5.74. The molecule has 0 aromatic heterocycles. The minimum atomic E-state index is -0.197. The molecule has 1 heterocycles. The van der Waals surface area contributed by atoms with E-state index in [0.717, 1.165) is 32.4 Å². The van der Waals surface area contributed by atoms with Gasteiger partial charge in [0.15, 0.2) is 0 Å². The molecule has 1 aliphatic heterocycles. The van der Waals surface area contributed by atoms with Gasteiger partial charge >= 0.3 is 0 Å². The number of ether oxygens (including phenoxy) is 1. The first kappa shape index (κ1) is 12.5. The van der Waals surface area contributed by atoms with Crippen LogP contribution in [-0.2, 0) is 9.53 Å². The van der Waals surface area contributed by atoms with Gasteiger partial charge < -0.3 is 15.0 Å². The topological polar surface area (TPSA) is 41.6 Å². The molecule has 1 aliphatic rings. The fourth-order valence-electron chi connectivity index (χ4n) is 1.82. The van der Waals surface area contributed by atoms with Gasteiger partial charge in [0.2, 0.25) is 0 Å². The van der Waals surface area contributed by atoms with Gasteiger partial charge in [-0.25, -0.2) is 0 Å². The van der Waals surface area contributed by atoms with Crippen LogP contribution in [0.1, 0.15) is 26.2 Å². The van der Waals surface area contributed by atoms with Gasteiger partial charge in [0.25, 0.3) is 5.91 Å². The Morgan fingerprint density at radius 2 is 2.27 bits per heavy atom. The van der Waals surface area contributed by atoms with Gasteiger partial charge in [0.05, 0.1) is 6.10 Å². The quantitative estimate of drug-likeness (QED) is 0.729. The van der Waals surface area contributed by atoms with Crippen LogP contribution in [0, 0.1) is 0 Å². The summed E-state index contributed by atoms with van der Waals surface area (Å²) in [5.41, 5.74) is 0. The van der Waals surface area contributed by atoms with Crippen molar-refractivity contribution in [2.24, 2.45) is 0 Å². The van der Waals surface area contributed by atoms with Crippen LogP contribution in [0.4, 0.5) is 0 Å². The number of amides is 1. The molecule has 0 aromatic rings. The second-order valence-corrected chi connectivity index (χ2v) is 4.10. The molecule has 1 N–H and O–H groups in total. The fourth-order valence-corrected chi connectivity index (χ4v) is 1.82. The summed E-state index contributed by atoms with van der Waals surface area (Å²) in [5, 5.41) is 3.03. The predicted octanol–water partition coefficient (Wildman–Crippen LogP) is 0.622. The summed E-state index contributed by atoms with van der Waals surface area (Å²) in [6.45, 7) is 3.67. The summed E-state index contributed by atoms with van der Waals surface area (Å²) in [6.07, 6.45) is 2.99. The largest absolute Gasteiger partial charge is 0.365 e. The van der Waals surface area contributed by atoms with E-state index in [1.54, 1.807) is 4.90 Å². The summed E-state index contributed by atoms with van der Waals surface area (Å²) in [5.74, 6) is 0.126. The van der Waals surface area contributed by atoms with Crippen molar-refractivity contribution < 1.29 is 9.53 Å². The maximum atomic E-state index is 11.9. The molecule has 0 spiro atoms. The minimum Gasteiger partial charge on any atom is -0.365 e. The van der Waals surface area contributed by atoms with Crippen LogP contribution in [0.5, 0.6) is 0 Å².